The van der Waals surface area contributed by atoms with Gasteiger partial charge in [-0.1, -0.05) is 0 Å². The third kappa shape index (κ3) is 4.94. The molecule has 0 aliphatic heterocycles. The predicted octanol–water partition coefficient (Wildman–Crippen LogP) is -0.787. The molecule has 0 saturated heterocycles. The quantitative estimate of drug-likeness (QED) is 0.609. The highest BCUT2D eigenvalue weighted by molar-refractivity contribution is 5.91. The van der Waals surface area contributed by atoms with E-state index < -0.39 is 36.0 Å². The number of aliphatic carboxylic acids is 1. The predicted molar refractivity (Wildman–Crippen MR) is 59.9 cm³/mol. The van der Waals surface area contributed by atoms with Crippen LogP contribution in [-0.2, 0) is 28.7 Å². The lowest BCUT2D eigenvalue weighted by atomic mass is 10.2. The highest BCUT2D eigenvalue weighted by atomic mass is 16.6. The van der Waals surface area contributed by atoms with Gasteiger partial charge in [-0.2, -0.15) is 0 Å². The number of amides is 1. The zero-order valence-corrected chi connectivity index (χ0v) is 10.5. The van der Waals surface area contributed by atoms with Gasteiger partial charge in [-0.15, -0.1) is 0 Å². The van der Waals surface area contributed by atoms with Crippen molar-refractivity contribution in [3.8, 4) is 0 Å². The molecular formula is C11H15NO7. The normalized spacial score (nSPS) is 16.9. The molecule has 1 aliphatic rings. The van der Waals surface area contributed by atoms with Crippen LogP contribution in [0.1, 0.15) is 26.7 Å². The average molecular weight is 273 g/mol. The first-order valence-corrected chi connectivity index (χ1v) is 5.69. The average Bonchev–Trinajstić information content (AvgIpc) is 3.05. The number of ether oxygens (including phenoxy) is 2. The van der Waals surface area contributed by atoms with Crippen LogP contribution in [0.3, 0.4) is 0 Å². The van der Waals surface area contributed by atoms with E-state index in [4.69, 9.17) is 5.11 Å². The van der Waals surface area contributed by atoms with Crippen LogP contribution in [0, 0.1) is 0 Å². The maximum Gasteiger partial charge on any atom is 0.349 e. The van der Waals surface area contributed by atoms with Gasteiger partial charge < -0.3 is 19.9 Å². The largest absolute Gasteiger partial charge is 0.478 e. The lowest BCUT2D eigenvalue weighted by Crippen LogP contribution is -2.50. The topological polar surface area (TPSA) is 119 Å². The molecule has 19 heavy (non-hydrogen) atoms. The van der Waals surface area contributed by atoms with Gasteiger partial charge >= 0.3 is 17.9 Å². The smallest absolute Gasteiger partial charge is 0.349 e. The molecule has 0 spiro atoms. The monoisotopic (exact) mass is 273 g/mol. The zero-order chi connectivity index (χ0) is 14.6. The van der Waals surface area contributed by atoms with Crippen LogP contribution in [0.4, 0.5) is 0 Å². The molecule has 0 aromatic heterocycles. The van der Waals surface area contributed by atoms with Gasteiger partial charge in [-0.3, -0.25) is 14.4 Å². The van der Waals surface area contributed by atoms with Crippen molar-refractivity contribution in [3.05, 3.63) is 0 Å². The Morgan fingerprint density at radius 3 is 1.89 bits per heavy atom. The van der Waals surface area contributed by atoms with E-state index in [1.807, 2.05) is 0 Å². The number of rotatable bonds is 6. The molecule has 0 heterocycles. The molecule has 0 aromatic rings. The van der Waals surface area contributed by atoms with Crippen LogP contribution in [0.5, 0.6) is 0 Å². The number of carboxylic acids is 1. The van der Waals surface area contributed by atoms with Gasteiger partial charge in [-0.25, -0.2) is 4.79 Å². The molecule has 106 valence electrons. The van der Waals surface area contributed by atoms with Crippen LogP contribution in [-0.4, -0.2) is 47.2 Å². The van der Waals surface area contributed by atoms with Gasteiger partial charge in [0, 0.05) is 19.9 Å². The fraction of sp³-hybridized carbons (Fsp3) is 0.636. The minimum absolute atomic E-state index is 0.0441. The Morgan fingerprint density at radius 2 is 1.53 bits per heavy atom. The second-order valence-electron chi connectivity index (χ2n) is 4.18. The summed E-state index contributed by atoms with van der Waals surface area (Å²) in [4.78, 5) is 44.6. The molecule has 1 fully saturated rings. The Bertz CT molecular complexity index is 402. The Labute approximate surface area is 109 Å². The van der Waals surface area contributed by atoms with Gasteiger partial charge in [0.15, 0.2) is 0 Å². The Hall–Kier alpha value is -2.12. The summed E-state index contributed by atoms with van der Waals surface area (Å²) in [6.45, 7) is 2.03. The molecule has 2 unspecified atom stereocenters. The molecule has 1 rings (SSSR count). The van der Waals surface area contributed by atoms with Crippen LogP contribution in [0.15, 0.2) is 0 Å². The van der Waals surface area contributed by atoms with E-state index in [2.05, 4.69) is 14.8 Å². The SMILES string of the molecule is CC(=O)OC(C(=O)O)C(OC(C)=O)C(=O)NC1CC1. The van der Waals surface area contributed by atoms with Gasteiger partial charge in [0.05, 0.1) is 0 Å². The fourth-order valence-corrected chi connectivity index (χ4v) is 1.36. The summed E-state index contributed by atoms with van der Waals surface area (Å²) >= 11 is 0. The number of hydrogen-bond donors (Lipinski definition) is 2. The summed E-state index contributed by atoms with van der Waals surface area (Å²) in [5.74, 6) is -4.07. The second-order valence-corrected chi connectivity index (χ2v) is 4.18. The van der Waals surface area contributed by atoms with Gasteiger partial charge in [0.1, 0.15) is 0 Å². The standard InChI is InChI=1S/C11H15NO7/c1-5(13)18-8(10(15)12-7-3-4-7)9(11(16)17)19-6(2)14/h7-9H,3-4H2,1-2H3,(H,12,15)(H,16,17). The third-order valence-corrected chi connectivity index (χ3v) is 2.29. The number of esters is 2. The van der Waals surface area contributed by atoms with Crippen LogP contribution in [0.25, 0.3) is 0 Å². The molecule has 0 radical (unpaired) electrons. The number of hydrogen-bond acceptors (Lipinski definition) is 6. The number of carbonyl (C=O) groups is 4. The van der Waals surface area contributed by atoms with Crippen LogP contribution in [0.2, 0.25) is 0 Å². The van der Waals surface area contributed by atoms with Crippen LogP contribution >= 0.6 is 0 Å². The van der Waals surface area contributed by atoms with Crippen molar-refractivity contribution >= 4 is 23.8 Å². The molecule has 1 aliphatic carbocycles. The first kappa shape index (κ1) is 14.9. The van der Waals surface area contributed by atoms with Crippen molar-refractivity contribution in [1.82, 2.24) is 5.32 Å². The summed E-state index contributed by atoms with van der Waals surface area (Å²) < 4.78 is 9.18. The zero-order valence-electron chi connectivity index (χ0n) is 10.5. The Balaban J connectivity index is 2.83. The summed E-state index contributed by atoms with van der Waals surface area (Å²) in [7, 11) is 0. The highest BCUT2D eigenvalue weighted by Gasteiger charge is 2.41. The minimum Gasteiger partial charge on any atom is -0.478 e. The lowest BCUT2D eigenvalue weighted by molar-refractivity contribution is -0.180. The van der Waals surface area contributed by atoms with Crippen molar-refractivity contribution in [1.29, 1.82) is 0 Å². The lowest BCUT2D eigenvalue weighted by Gasteiger charge is -2.22. The summed E-state index contributed by atoms with van der Waals surface area (Å²) in [6.07, 6.45) is -1.99. The Morgan fingerprint density at radius 1 is 1.05 bits per heavy atom. The van der Waals surface area contributed by atoms with Gasteiger partial charge in [-0.05, 0) is 12.8 Å². The molecule has 2 N–H and O–H groups in total. The van der Waals surface area contributed by atoms with E-state index in [-0.39, 0.29) is 6.04 Å². The summed E-state index contributed by atoms with van der Waals surface area (Å²) in [5, 5.41) is 11.5. The molecular weight excluding hydrogens is 258 g/mol. The maximum absolute atomic E-state index is 11.8. The fourth-order valence-electron chi connectivity index (χ4n) is 1.36. The van der Waals surface area contributed by atoms with Gasteiger partial charge in [0.25, 0.3) is 5.91 Å². The van der Waals surface area contributed by atoms with Crippen molar-refractivity contribution in [2.45, 2.75) is 44.9 Å². The van der Waals surface area contributed by atoms with E-state index in [1.165, 1.54) is 0 Å². The second kappa shape index (κ2) is 6.17. The van der Waals surface area contributed by atoms with E-state index in [1.54, 1.807) is 0 Å². The number of carboxylic acid groups (broad SMARTS) is 1. The molecule has 1 amide bonds. The van der Waals surface area contributed by atoms with Crippen molar-refractivity contribution in [3.63, 3.8) is 0 Å². The first-order chi connectivity index (χ1) is 8.81. The summed E-state index contributed by atoms with van der Waals surface area (Å²) in [5.41, 5.74) is 0. The van der Waals surface area contributed by atoms with Crippen molar-refractivity contribution in [2.75, 3.05) is 0 Å². The summed E-state index contributed by atoms with van der Waals surface area (Å²) in [6, 6.07) is -0.0441. The van der Waals surface area contributed by atoms with Crippen molar-refractivity contribution < 1.29 is 33.8 Å². The molecule has 0 aromatic carbocycles. The van der Waals surface area contributed by atoms with E-state index in [0.717, 1.165) is 26.7 Å². The van der Waals surface area contributed by atoms with Crippen molar-refractivity contribution in [2.24, 2.45) is 0 Å². The number of nitrogens with one attached hydrogen (secondary N) is 1. The molecule has 8 nitrogen and oxygen atoms in total. The first-order valence-electron chi connectivity index (χ1n) is 5.69. The third-order valence-electron chi connectivity index (χ3n) is 2.29. The molecule has 0 bridgehead atoms. The Kier molecular flexibility index (Phi) is 4.85. The molecule has 2 atom stereocenters. The minimum atomic E-state index is -1.86. The maximum atomic E-state index is 11.8. The van der Waals surface area contributed by atoms with Crippen LogP contribution < -0.4 is 5.32 Å². The van der Waals surface area contributed by atoms with E-state index >= 15 is 0 Å². The number of carbonyl (C=O) groups excluding carboxylic acids is 3. The highest BCUT2D eigenvalue weighted by Crippen LogP contribution is 2.19. The van der Waals surface area contributed by atoms with E-state index in [9.17, 15) is 19.2 Å². The van der Waals surface area contributed by atoms with Gasteiger partial charge in [0.2, 0.25) is 12.2 Å². The van der Waals surface area contributed by atoms with E-state index in [0.29, 0.717) is 0 Å². The molecule has 8 heteroatoms. The molecule has 1 saturated carbocycles.